The molecular weight excluding hydrogens is 234 g/mol. The van der Waals surface area contributed by atoms with Crippen molar-refractivity contribution in [2.45, 2.75) is 91.0 Å². The molecule has 0 amide bonds. The Labute approximate surface area is 121 Å². The van der Waals surface area contributed by atoms with Gasteiger partial charge in [-0.1, -0.05) is 46.0 Å². The van der Waals surface area contributed by atoms with Crippen molar-refractivity contribution >= 4 is 0 Å². The largest absolute Gasteiger partial charge is 0.381 e. The number of rotatable bonds is 15. The SMILES string of the molecule is CCCCCCCCOCCCCC(C)NCCC. The fourth-order valence-corrected chi connectivity index (χ4v) is 2.23. The van der Waals surface area contributed by atoms with E-state index in [9.17, 15) is 0 Å². The maximum Gasteiger partial charge on any atom is 0.0466 e. The van der Waals surface area contributed by atoms with Crippen LogP contribution in [0.25, 0.3) is 0 Å². The second-order valence-corrected chi connectivity index (χ2v) is 5.73. The van der Waals surface area contributed by atoms with Crippen molar-refractivity contribution in [3.63, 3.8) is 0 Å². The molecule has 0 spiro atoms. The van der Waals surface area contributed by atoms with Crippen LogP contribution >= 0.6 is 0 Å². The first-order valence-corrected chi connectivity index (χ1v) is 8.62. The van der Waals surface area contributed by atoms with Crippen LogP contribution in [0.5, 0.6) is 0 Å². The summed E-state index contributed by atoms with van der Waals surface area (Å²) in [6.07, 6.45) is 13.1. The van der Waals surface area contributed by atoms with Crippen LogP contribution in [0.2, 0.25) is 0 Å². The van der Waals surface area contributed by atoms with E-state index >= 15 is 0 Å². The summed E-state index contributed by atoms with van der Waals surface area (Å²) in [6.45, 7) is 9.84. The van der Waals surface area contributed by atoms with Gasteiger partial charge in [0, 0.05) is 19.3 Å². The maximum atomic E-state index is 5.68. The summed E-state index contributed by atoms with van der Waals surface area (Å²) in [6, 6.07) is 0.665. The minimum Gasteiger partial charge on any atom is -0.381 e. The third kappa shape index (κ3) is 15.9. The minimum absolute atomic E-state index is 0.665. The van der Waals surface area contributed by atoms with Crippen molar-refractivity contribution in [3.05, 3.63) is 0 Å². The predicted octanol–water partition coefficient (Wildman–Crippen LogP) is 4.92. The molecule has 0 aromatic carbocycles. The summed E-state index contributed by atoms with van der Waals surface area (Å²) in [5, 5.41) is 3.53. The lowest BCUT2D eigenvalue weighted by molar-refractivity contribution is 0.125. The summed E-state index contributed by atoms with van der Waals surface area (Å²) < 4.78 is 5.68. The highest BCUT2D eigenvalue weighted by atomic mass is 16.5. The van der Waals surface area contributed by atoms with Gasteiger partial charge in [0.1, 0.15) is 0 Å². The molecule has 116 valence electrons. The van der Waals surface area contributed by atoms with E-state index in [1.54, 1.807) is 0 Å². The zero-order valence-corrected chi connectivity index (χ0v) is 13.7. The van der Waals surface area contributed by atoms with Crippen LogP contribution < -0.4 is 5.32 Å². The lowest BCUT2D eigenvalue weighted by Crippen LogP contribution is -2.26. The van der Waals surface area contributed by atoms with E-state index in [2.05, 4.69) is 26.1 Å². The molecule has 0 aliphatic carbocycles. The van der Waals surface area contributed by atoms with Gasteiger partial charge in [0.2, 0.25) is 0 Å². The first-order chi connectivity index (χ1) is 9.31. The third-order valence-electron chi connectivity index (χ3n) is 3.56. The van der Waals surface area contributed by atoms with Crippen molar-refractivity contribution in [2.24, 2.45) is 0 Å². The first kappa shape index (κ1) is 18.9. The van der Waals surface area contributed by atoms with E-state index in [4.69, 9.17) is 4.74 Å². The lowest BCUT2D eigenvalue weighted by atomic mass is 10.1. The Morgan fingerprint density at radius 1 is 0.789 bits per heavy atom. The number of ether oxygens (including phenoxy) is 1. The molecule has 0 heterocycles. The molecule has 1 atom stereocenters. The number of hydrogen-bond acceptors (Lipinski definition) is 2. The Kier molecular flexibility index (Phi) is 15.9. The van der Waals surface area contributed by atoms with Crippen molar-refractivity contribution in [1.82, 2.24) is 5.32 Å². The van der Waals surface area contributed by atoms with E-state index in [1.807, 2.05) is 0 Å². The van der Waals surface area contributed by atoms with Crippen LogP contribution in [0, 0.1) is 0 Å². The van der Waals surface area contributed by atoms with Crippen LogP contribution in [-0.4, -0.2) is 25.8 Å². The van der Waals surface area contributed by atoms with Crippen molar-refractivity contribution in [1.29, 1.82) is 0 Å². The Balaban J connectivity index is 3.02. The summed E-state index contributed by atoms with van der Waals surface area (Å²) in [5.74, 6) is 0. The van der Waals surface area contributed by atoms with Gasteiger partial charge < -0.3 is 10.1 Å². The highest BCUT2D eigenvalue weighted by Crippen LogP contribution is 2.05. The Morgan fingerprint density at radius 3 is 2.11 bits per heavy atom. The standard InChI is InChI=1S/C17H37NO/c1-4-6-7-8-9-11-15-19-16-12-10-13-17(3)18-14-5-2/h17-18H,4-16H2,1-3H3. The van der Waals surface area contributed by atoms with Crippen LogP contribution in [-0.2, 0) is 4.74 Å². The quantitative estimate of drug-likeness (QED) is 0.427. The topological polar surface area (TPSA) is 21.3 Å². The smallest absolute Gasteiger partial charge is 0.0466 e. The van der Waals surface area contributed by atoms with Crippen molar-refractivity contribution in [2.75, 3.05) is 19.8 Å². The van der Waals surface area contributed by atoms with Gasteiger partial charge in [-0.25, -0.2) is 0 Å². The Hall–Kier alpha value is -0.0800. The number of nitrogens with one attached hydrogen (secondary N) is 1. The molecule has 19 heavy (non-hydrogen) atoms. The van der Waals surface area contributed by atoms with Gasteiger partial charge in [-0.05, 0) is 45.6 Å². The molecule has 0 aliphatic heterocycles. The van der Waals surface area contributed by atoms with Crippen LogP contribution in [0.3, 0.4) is 0 Å². The van der Waals surface area contributed by atoms with Crippen LogP contribution in [0.1, 0.15) is 85.0 Å². The molecule has 0 aromatic rings. The molecule has 0 saturated carbocycles. The van der Waals surface area contributed by atoms with E-state index in [1.165, 1.54) is 64.2 Å². The summed E-state index contributed by atoms with van der Waals surface area (Å²) >= 11 is 0. The molecule has 2 nitrogen and oxygen atoms in total. The molecule has 0 radical (unpaired) electrons. The molecular formula is C17H37NO. The number of hydrogen-bond donors (Lipinski definition) is 1. The van der Waals surface area contributed by atoms with E-state index < -0.39 is 0 Å². The molecule has 2 heteroatoms. The summed E-state index contributed by atoms with van der Waals surface area (Å²) in [7, 11) is 0. The second-order valence-electron chi connectivity index (χ2n) is 5.73. The normalized spacial score (nSPS) is 12.8. The molecule has 0 fully saturated rings. The number of unbranched alkanes of at least 4 members (excludes halogenated alkanes) is 6. The van der Waals surface area contributed by atoms with E-state index in [0.717, 1.165) is 19.8 Å². The van der Waals surface area contributed by atoms with Gasteiger partial charge in [-0.2, -0.15) is 0 Å². The average Bonchev–Trinajstić information content (AvgIpc) is 2.42. The molecule has 0 aromatic heterocycles. The van der Waals surface area contributed by atoms with Gasteiger partial charge in [-0.15, -0.1) is 0 Å². The van der Waals surface area contributed by atoms with Crippen LogP contribution in [0.4, 0.5) is 0 Å². The van der Waals surface area contributed by atoms with E-state index in [-0.39, 0.29) is 0 Å². The monoisotopic (exact) mass is 271 g/mol. The van der Waals surface area contributed by atoms with E-state index in [0.29, 0.717) is 6.04 Å². The van der Waals surface area contributed by atoms with Gasteiger partial charge >= 0.3 is 0 Å². The zero-order chi connectivity index (χ0) is 14.2. The van der Waals surface area contributed by atoms with Crippen molar-refractivity contribution in [3.8, 4) is 0 Å². The molecule has 0 rings (SSSR count). The lowest BCUT2D eigenvalue weighted by Gasteiger charge is -2.12. The van der Waals surface area contributed by atoms with Crippen molar-refractivity contribution < 1.29 is 4.74 Å². The fraction of sp³-hybridized carbons (Fsp3) is 1.00. The Bertz CT molecular complexity index is 161. The molecule has 1 unspecified atom stereocenters. The van der Waals surface area contributed by atoms with Gasteiger partial charge in [0.25, 0.3) is 0 Å². The Morgan fingerprint density at radius 2 is 1.42 bits per heavy atom. The average molecular weight is 271 g/mol. The summed E-state index contributed by atoms with van der Waals surface area (Å²) in [5.41, 5.74) is 0. The highest BCUT2D eigenvalue weighted by molar-refractivity contribution is 4.59. The highest BCUT2D eigenvalue weighted by Gasteiger charge is 1.99. The molecule has 0 bridgehead atoms. The van der Waals surface area contributed by atoms with Gasteiger partial charge in [0.05, 0.1) is 0 Å². The minimum atomic E-state index is 0.665. The zero-order valence-electron chi connectivity index (χ0n) is 13.7. The third-order valence-corrected chi connectivity index (χ3v) is 3.56. The maximum absolute atomic E-state index is 5.68. The fourth-order valence-electron chi connectivity index (χ4n) is 2.23. The first-order valence-electron chi connectivity index (χ1n) is 8.62. The van der Waals surface area contributed by atoms with Crippen LogP contribution in [0.15, 0.2) is 0 Å². The molecule has 0 aliphatic rings. The predicted molar refractivity (Wildman–Crippen MR) is 85.8 cm³/mol. The second kappa shape index (κ2) is 16.0. The summed E-state index contributed by atoms with van der Waals surface area (Å²) in [4.78, 5) is 0. The molecule has 0 saturated heterocycles. The molecule has 1 N–H and O–H groups in total. The van der Waals surface area contributed by atoms with Gasteiger partial charge in [-0.3, -0.25) is 0 Å². The van der Waals surface area contributed by atoms with Gasteiger partial charge in [0.15, 0.2) is 0 Å².